The second-order valence-corrected chi connectivity index (χ2v) is 5.51. The molecule has 18 heavy (non-hydrogen) atoms. The summed E-state index contributed by atoms with van der Waals surface area (Å²) in [4.78, 5) is 0. The number of furan rings is 1. The number of rotatable bonds is 4. The molecule has 0 bridgehead atoms. The molecule has 1 atom stereocenters. The Balaban J connectivity index is 1.98. The first-order chi connectivity index (χ1) is 8.56. The fourth-order valence-electron chi connectivity index (χ4n) is 2.06. The number of aryl methyl sites for hydroxylation is 2. The molecule has 0 amide bonds. The van der Waals surface area contributed by atoms with Crippen molar-refractivity contribution in [3.8, 4) is 0 Å². The minimum atomic E-state index is 0.297. The molecule has 1 unspecified atom stereocenters. The Kier molecular flexibility index (Phi) is 4.25. The Morgan fingerprint density at radius 2 is 1.89 bits per heavy atom. The average molecular weight is 308 g/mol. The number of hydrogen-bond donors (Lipinski definition) is 1. The van der Waals surface area contributed by atoms with Crippen LogP contribution in [0.4, 0.5) is 0 Å². The van der Waals surface area contributed by atoms with Crippen LogP contribution >= 0.6 is 15.9 Å². The molecule has 2 rings (SSSR count). The van der Waals surface area contributed by atoms with Crippen molar-refractivity contribution in [2.75, 3.05) is 0 Å². The molecule has 1 heterocycles. The predicted molar refractivity (Wildman–Crippen MR) is 77.6 cm³/mol. The van der Waals surface area contributed by atoms with Crippen molar-refractivity contribution in [3.63, 3.8) is 0 Å². The third-order valence-corrected chi connectivity index (χ3v) is 3.60. The average Bonchev–Trinajstić information content (AvgIpc) is 2.67. The van der Waals surface area contributed by atoms with E-state index >= 15 is 0 Å². The first-order valence-corrected chi connectivity index (χ1v) is 6.90. The van der Waals surface area contributed by atoms with E-state index in [0.29, 0.717) is 6.04 Å². The van der Waals surface area contributed by atoms with Crippen LogP contribution in [-0.2, 0) is 6.54 Å². The molecule has 2 aromatic rings. The van der Waals surface area contributed by atoms with Crippen molar-refractivity contribution in [2.24, 2.45) is 0 Å². The minimum Gasteiger partial charge on any atom is -0.466 e. The fourth-order valence-corrected chi connectivity index (χ4v) is 2.33. The minimum absolute atomic E-state index is 0.297. The molecule has 0 saturated heterocycles. The lowest BCUT2D eigenvalue weighted by molar-refractivity contribution is 0.489. The zero-order chi connectivity index (χ0) is 13.1. The first kappa shape index (κ1) is 13.4. The third-order valence-electron chi connectivity index (χ3n) is 3.07. The van der Waals surface area contributed by atoms with Gasteiger partial charge in [0.1, 0.15) is 11.5 Å². The molecule has 2 nitrogen and oxygen atoms in total. The first-order valence-electron chi connectivity index (χ1n) is 6.11. The largest absolute Gasteiger partial charge is 0.466 e. The maximum Gasteiger partial charge on any atom is 0.105 e. The van der Waals surface area contributed by atoms with Gasteiger partial charge in [0.15, 0.2) is 0 Å². The fraction of sp³-hybridized carbons (Fsp3) is 0.333. The molecular weight excluding hydrogens is 290 g/mol. The van der Waals surface area contributed by atoms with Crippen molar-refractivity contribution >= 4 is 15.9 Å². The van der Waals surface area contributed by atoms with Crippen LogP contribution in [0.2, 0.25) is 0 Å². The normalized spacial score (nSPS) is 12.7. The molecule has 0 aliphatic rings. The number of benzene rings is 1. The Morgan fingerprint density at radius 1 is 1.22 bits per heavy atom. The smallest absolute Gasteiger partial charge is 0.105 e. The SMILES string of the molecule is Cc1cc(C(C)NCc2ccc(Br)cc2)c(C)o1. The summed E-state index contributed by atoms with van der Waals surface area (Å²) in [5.74, 6) is 1.98. The third kappa shape index (κ3) is 3.24. The van der Waals surface area contributed by atoms with Crippen LogP contribution in [0, 0.1) is 13.8 Å². The molecule has 0 saturated carbocycles. The van der Waals surface area contributed by atoms with E-state index in [9.17, 15) is 0 Å². The predicted octanol–water partition coefficient (Wildman–Crippen LogP) is 4.51. The van der Waals surface area contributed by atoms with E-state index in [1.54, 1.807) is 0 Å². The van der Waals surface area contributed by atoms with E-state index < -0.39 is 0 Å². The van der Waals surface area contributed by atoms with Gasteiger partial charge < -0.3 is 9.73 Å². The standard InChI is InChI=1S/C15H18BrNO/c1-10-8-15(12(3)18-10)11(2)17-9-13-4-6-14(16)7-5-13/h4-8,11,17H,9H2,1-3H3. The topological polar surface area (TPSA) is 25.2 Å². The lowest BCUT2D eigenvalue weighted by atomic mass is 10.1. The molecule has 1 aromatic heterocycles. The van der Waals surface area contributed by atoms with Crippen LogP contribution in [0.25, 0.3) is 0 Å². The Hall–Kier alpha value is -1.06. The molecule has 0 aliphatic carbocycles. The van der Waals surface area contributed by atoms with Gasteiger partial charge in [-0.25, -0.2) is 0 Å². The van der Waals surface area contributed by atoms with Crippen molar-refractivity contribution < 1.29 is 4.42 Å². The molecule has 3 heteroatoms. The van der Waals surface area contributed by atoms with Gasteiger partial charge in [-0.05, 0) is 44.5 Å². The Bertz CT molecular complexity index is 516. The quantitative estimate of drug-likeness (QED) is 0.899. The van der Waals surface area contributed by atoms with E-state index in [-0.39, 0.29) is 0 Å². The summed E-state index contributed by atoms with van der Waals surface area (Å²) in [7, 11) is 0. The van der Waals surface area contributed by atoms with Gasteiger partial charge in [0.2, 0.25) is 0 Å². The van der Waals surface area contributed by atoms with Crippen LogP contribution in [0.5, 0.6) is 0 Å². The van der Waals surface area contributed by atoms with Gasteiger partial charge in [0.05, 0.1) is 0 Å². The van der Waals surface area contributed by atoms with Crippen LogP contribution in [0.15, 0.2) is 39.2 Å². The van der Waals surface area contributed by atoms with E-state index in [2.05, 4.69) is 58.5 Å². The summed E-state index contributed by atoms with van der Waals surface area (Å²) in [5, 5.41) is 3.51. The number of halogens is 1. The van der Waals surface area contributed by atoms with Crippen LogP contribution in [-0.4, -0.2) is 0 Å². The van der Waals surface area contributed by atoms with Gasteiger partial charge in [-0.15, -0.1) is 0 Å². The monoisotopic (exact) mass is 307 g/mol. The van der Waals surface area contributed by atoms with Gasteiger partial charge in [-0.1, -0.05) is 28.1 Å². The number of nitrogens with one attached hydrogen (secondary N) is 1. The summed E-state index contributed by atoms with van der Waals surface area (Å²) in [6.45, 7) is 7.02. The van der Waals surface area contributed by atoms with E-state index in [1.807, 2.05) is 13.8 Å². The molecule has 1 N–H and O–H groups in total. The van der Waals surface area contributed by atoms with E-state index in [1.165, 1.54) is 11.1 Å². The van der Waals surface area contributed by atoms with Gasteiger partial charge in [0, 0.05) is 22.6 Å². The summed E-state index contributed by atoms with van der Waals surface area (Å²) in [6.07, 6.45) is 0. The highest BCUT2D eigenvalue weighted by atomic mass is 79.9. The van der Waals surface area contributed by atoms with Gasteiger partial charge in [-0.2, -0.15) is 0 Å². The van der Waals surface area contributed by atoms with E-state index in [4.69, 9.17) is 4.42 Å². The summed E-state index contributed by atoms with van der Waals surface area (Å²) < 4.78 is 6.67. The Labute approximate surface area is 117 Å². The van der Waals surface area contributed by atoms with E-state index in [0.717, 1.165) is 22.5 Å². The molecule has 96 valence electrons. The highest BCUT2D eigenvalue weighted by Crippen LogP contribution is 2.21. The van der Waals surface area contributed by atoms with Crippen molar-refractivity contribution in [2.45, 2.75) is 33.4 Å². The Morgan fingerprint density at radius 3 is 2.44 bits per heavy atom. The molecule has 0 fully saturated rings. The van der Waals surface area contributed by atoms with Crippen LogP contribution in [0.1, 0.15) is 35.6 Å². The maximum absolute atomic E-state index is 5.56. The zero-order valence-electron chi connectivity index (χ0n) is 11.0. The molecule has 0 spiro atoms. The second-order valence-electron chi connectivity index (χ2n) is 4.60. The van der Waals surface area contributed by atoms with Gasteiger partial charge in [0.25, 0.3) is 0 Å². The van der Waals surface area contributed by atoms with Crippen molar-refractivity contribution in [1.82, 2.24) is 5.32 Å². The van der Waals surface area contributed by atoms with Crippen molar-refractivity contribution in [1.29, 1.82) is 0 Å². The number of hydrogen-bond acceptors (Lipinski definition) is 2. The zero-order valence-corrected chi connectivity index (χ0v) is 12.5. The van der Waals surface area contributed by atoms with Gasteiger partial charge >= 0.3 is 0 Å². The van der Waals surface area contributed by atoms with Crippen LogP contribution < -0.4 is 5.32 Å². The van der Waals surface area contributed by atoms with Crippen molar-refractivity contribution in [3.05, 3.63) is 57.5 Å². The maximum atomic E-state index is 5.56. The lowest BCUT2D eigenvalue weighted by Gasteiger charge is -2.13. The second kappa shape index (κ2) is 5.72. The summed E-state index contributed by atoms with van der Waals surface area (Å²) >= 11 is 3.44. The lowest BCUT2D eigenvalue weighted by Crippen LogP contribution is -2.18. The summed E-state index contributed by atoms with van der Waals surface area (Å²) in [6, 6.07) is 10.8. The molecule has 1 aromatic carbocycles. The molecule has 0 radical (unpaired) electrons. The van der Waals surface area contributed by atoms with Gasteiger partial charge in [-0.3, -0.25) is 0 Å². The molecule has 0 aliphatic heterocycles. The molecular formula is C15H18BrNO. The van der Waals surface area contributed by atoms with Crippen LogP contribution in [0.3, 0.4) is 0 Å². The summed E-state index contributed by atoms with van der Waals surface area (Å²) in [5.41, 5.74) is 2.52. The highest BCUT2D eigenvalue weighted by molar-refractivity contribution is 9.10. The highest BCUT2D eigenvalue weighted by Gasteiger charge is 2.11.